The first kappa shape index (κ1) is 12.8. The molecule has 98 valence electrons. The summed E-state index contributed by atoms with van der Waals surface area (Å²) in [5, 5.41) is 2.92. The van der Waals surface area contributed by atoms with Gasteiger partial charge in [-0.05, 0) is 43.6 Å². The molecule has 0 aromatic rings. The van der Waals surface area contributed by atoms with Gasteiger partial charge in [0.05, 0.1) is 6.61 Å². The molecule has 1 amide bonds. The average Bonchev–Trinajstić information content (AvgIpc) is 3.07. The van der Waals surface area contributed by atoms with Crippen LogP contribution in [-0.4, -0.2) is 32.2 Å². The van der Waals surface area contributed by atoms with Crippen LogP contribution in [-0.2, 0) is 9.53 Å². The molecule has 3 N–H and O–H groups in total. The van der Waals surface area contributed by atoms with Gasteiger partial charge in [0.1, 0.15) is 0 Å². The van der Waals surface area contributed by atoms with Crippen molar-refractivity contribution in [1.29, 1.82) is 0 Å². The second-order valence-corrected chi connectivity index (χ2v) is 5.60. The Bertz CT molecular complexity index is 255. The van der Waals surface area contributed by atoms with Gasteiger partial charge in [0.2, 0.25) is 5.91 Å². The molecule has 0 spiro atoms. The zero-order valence-corrected chi connectivity index (χ0v) is 10.5. The molecule has 0 atom stereocenters. The third-order valence-corrected chi connectivity index (χ3v) is 4.00. The van der Waals surface area contributed by atoms with E-state index in [1.807, 2.05) is 0 Å². The Morgan fingerprint density at radius 1 is 1.41 bits per heavy atom. The van der Waals surface area contributed by atoms with Gasteiger partial charge >= 0.3 is 0 Å². The Hall–Kier alpha value is -0.610. The Morgan fingerprint density at radius 2 is 2.18 bits per heavy atom. The Morgan fingerprint density at radius 3 is 2.71 bits per heavy atom. The fourth-order valence-corrected chi connectivity index (χ4v) is 2.33. The van der Waals surface area contributed by atoms with E-state index in [4.69, 9.17) is 10.5 Å². The van der Waals surface area contributed by atoms with Gasteiger partial charge in [0.25, 0.3) is 0 Å². The summed E-state index contributed by atoms with van der Waals surface area (Å²) in [6.07, 6.45) is 6.64. The highest BCUT2D eigenvalue weighted by Gasteiger charge is 2.37. The van der Waals surface area contributed by atoms with Crippen LogP contribution >= 0.6 is 0 Å². The fraction of sp³-hybridized carbons (Fsp3) is 0.923. The molecule has 0 aliphatic heterocycles. The van der Waals surface area contributed by atoms with Gasteiger partial charge < -0.3 is 15.8 Å². The number of carbonyl (C=O) groups excluding carboxylic acids is 1. The standard InChI is InChI=1S/C13H24N2O2/c14-10-13(4-1-5-13)8-12(16)15-6-7-17-9-11-2-3-11/h11H,1-10,14H2,(H,15,16). The highest BCUT2D eigenvalue weighted by molar-refractivity contribution is 5.76. The van der Waals surface area contributed by atoms with Crippen molar-refractivity contribution in [3.8, 4) is 0 Å². The fourth-order valence-electron chi connectivity index (χ4n) is 2.33. The van der Waals surface area contributed by atoms with Crippen LogP contribution in [0, 0.1) is 11.3 Å². The molecule has 2 fully saturated rings. The zero-order chi connectivity index (χ0) is 12.1. The number of amides is 1. The summed E-state index contributed by atoms with van der Waals surface area (Å²) in [5.41, 5.74) is 5.84. The highest BCUT2D eigenvalue weighted by Crippen LogP contribution is 2.42. The van der Waals surface area contributed by atoms with Crippen LogP contribution < -0.4 is 11.1 Å². The molecular formula is C13H24N2O2. The van der Waals surface area contributed by atoms with Crippen LogP contribution in [0.5, 0.6) is 0 Å². The van der Waals surface area contributed by atoms with Crippen molar-refractivity contribution in [2.24, 2.45) is 17.1 Å². The minimum Gasteiger partial charge on any atom is -0.379 e. The summed E-state index contributed by atoms with van der Waals surface area (Å²) in [6, 6.07) is 0. The van der Waals surface area contributed by atoms with Gasteiger partial charge in [-0.2, -0.15) is 0 Å². The maximum Gasteiger partial charge on any atom is 0.220 e. The number of nitrogens with one attached hydrogen (secondary N) is 1. The van der Waals surface area contributed by atoms with Crippen LogP contribution in [0.4, 0.5) is 0 Å². The van der Waals surface area contributed by atoms with Crippen LogP contribution in [0.1, 0.15) is 38.5 Å². The van der Waals surface area contributed by atoms with E-state index in [2.05, 4.69) is 5.32 Å². The summed E-state index contributed by atoms with van der Waals surface area (Å²) in [7, 11) is 0. The first-order valence-electron chi connectivity index (χ1n) is 6.79. The Balaban J connectivity index is 1.50. The highest BCUT2D eigenvalue weighted by atomic mass is 16.5. The lowest BCUT2D eigenvalue weighted by Gasteiger charge is -2.40. The number of nitrogens with two attached hydrogens (primary N) is 1. The number of rotatable bonds is 8. The topological polar surface area (TPSA) is 64.4 Å². The first-order chi connectivity index (χ1) is 8.24. The van der Waals surface area contributed by atoms with E-state index in [0.717, 1.165) is 25.4 Å². The van der Waals surface area contributed by atoms with Crippen molar-refractivity contribution in [2.45, 2.75) is 38.5 Å². The average molecular weight is 240 g/mol. The maximum absolute atomic E-state index is 11.7. The second kappa shape index (κ2) is 5.83. The first-order valence-corrected chi connectivity index (χ1v) is 6.79. The van der Waals surface area contributed by atoms with Crippen molar-refractivity contribution >= 4 is 5.91 Å². The summed E-state index contributed by atoms with van der Waals surface area (Å²) in [6.45, 7) is 2.77. The van der Waals surface area contributed by atoms with E-state index in [-0.39, 0.29) is 11.3 Å². The second-order valence-electron chi connectivity index (χ2n) is 5.60. The lowest BCUT2D eigenvalue weighted by atomic mass is 9.66. The van der Waals surface area contributed by atoms with Gasteiger partial charge in [0.15, 0.2) is 0 Å². The largest absolute Gasteiger partial charge is 0.379 e. The van der Waals surface area contributed by atoms with E-state index in [9.17, 15) is 4.79 Å². The number of hydrogen-bond donors (Lipinski definition) is 2. The molecule has 17 heavy (non-hydrogen) atoms. The van der Waals surface area contributed by atoms with E-state index < -0.39 is 0 Å². The molecule has 0 aromatic carbocycles. The number of carbonyl (C=O) groups is 1. The predicted octanol–water partition coefficient (Wildman–Crippen LogP) is 1.05. The van der Waals surface area contributed by atoms with Crippen LogP contribution in [0.3, 0.4) is 0 Å². The third kappa shape index (κ3) is 3.96. The molecule has 0 aromatic heterocycles. The minimum atomic E-state index is 0.110. The van der Waals surface area contributed by atoms with Gasteiger partial charge in [-0.25, -0.2) is 0 Å². The maximum atomic E-state index is 11.7. The van der Waals surface area contributed by atoms with Gasteiger partial charge in [-0.15, -0.1) is 0 Å². The number of ether oxygens (including phenoxy) is 1. The predicted molar refractivity (Wildman–Crippen MR) is 66.5 cm³/mol. The molecule has 0 heterocycles. The van der Waals surface area contributed by atoms with Crippen molar-refractivity contribution in [3.63, 3.8) is 0 Å². The molecule has 2 aliphatic carbocycles. The molecule has 2 rings (SSSR count). The van der Waals surface area contributed by atoms with Crippen molar-refractivity contribution in [1.82, 2.24) is 5.32 Å². The van der Waals surface area contributed by atoms with Gasteiger partial charge in [0, 0.05) is 19.6 Å². The van der Waals surface area contributed by atoms with Gasteiger partial charge in [-0.1, -0.05) is 6.42 Å². The Kier molecular flexibility index (Phi) is 4.40. The van der Waals surface area contributed by atoms with E-state index >= 15 is 0 Å². The lowest BCUT2D eigenvalue weighted by Crippen LogP contribution is -2.42. The molecule has 0 radical (unpaired) electrons. The molecule has 0 unspecified atom stereocenters. The lowest BCUT2D eigenvalue weighted by molar-refractivity contribution is -0.125. The molecule has 4 nitrogen and oxygen atoms in total. The summed E-state index contributed by atoms with van der Waals surface area (Å²) < 4.78 is 5.47. The van der Waals surface area contributed by atoms with Crippen LogP contribution in [0.25, 0.3) is 0 Å². The summed E-state index contributed by atoms with van der Waals surface area (Å²) >= 11 is 0. The van der Waals surface area contributed by atoms with Crippen molar-refractivity contribution in [3.05, 3.63) is 0 Å². The monoisotopic (exact) mass is 240 g/mol. The van der Waals surface area contributed by atoms with Crippen molar-refractivity contribution in [2.75, 3.05) is 26.3 Å². The molecule has 2 aliphatic rings. The van der Waals surface area contributed by atoms with Crippen molar-refractivity contribution < 1.29 is 9.53 Å². The molecule has 4 heteroatoms. The Labute approximate surface area is 103 Å². The molecule has 0 saturated heterocycles. The zero-order valence-electron chi connectivity index (χ0n) is 10.5. The summed E-state index contributed by atoms with van der Waals surface area (Å²) in [4.78, 5) is 11.7. The van der Waals surface area contributed by atoms with Gasteiger partial charge in [-0.3, -0.25) is 4.79 Å². The van der Waals surface area contributed by atoms with E-state index in [1.54, 1.807) is 0 Å². The quantitative estimate of drug-likeness (QED) is 0.623. The minimum absolute atomic E-state index is 0.110. The van der Waals surface area contributed by atoms with Crippen LogP contribution in [0.15, 0.2) is 0 Å². The SMILES string of the molecule is NCC1(CC(=O)NCCOCC2CC2)CCC1. The molecule has 2 saturated carbocycles. The molecule has 0 bridgehead atoms. The van der Waals surface area contributed by atoms with E-state index in [1.165, 1.54) is 19.3 Å². The molecular weight excluding hydrogens is 216 g/mol. The van der Waals surface area contributed by atoms with E-state index in [0.29, 0.717) is 26.1 Å². The normalized spacial score (nSPS) is 21.9. The smallest absolute Gasteiger partial charge is 0.220 e. The summed E-state index contributed by atoms with van der Waals surface area (Å²) in [5.74, 6) is 0.923. The third-order valence-electron chi connectivity index (χ3n) is 4.00. The van der Waals surface area contributed by atoms with Crippen LogP contribution in [0.2, 0.25) is 0 Å². The number of hydrogen-bond acceptors (Lipinski definition) is 3.